The van der Waals surface area contributed by atoms with Gasteiger partial charge in [0.25, 0.3) is 0 Å². The molecule has 2 aromatic rings. The molecule has 0 saturated heterocycles. The SMILES string of the molecule is CCCOc1ccccc1C(NN)c1ccccn1. The van der Waals surface area contributed by atoms with Gasteiger partial charge in [0.1, 0.15) is 5.75 Å². The van der Waals surface area contributed by atoms with Gasteiger partial charge in [-0.25, -0.2) is 5.43 Å². The highest BCUT2D eigenvalue weighted by Crippen LogP contribution is 2.28. The molecular formula is C15H19N3O. The summed E-state index contributed by atoms with van der Waals surface area (Å²) in [6.07, 6.45) is 2.73. The van der Waals surface area contributed by atoms with Gasteiger partial charge in [0, 0.05) is 11.8 Å². The standard InChI is InChI=1S/C15H19N3O/c1-2-11-19-14-9-4-3-7-12(14)15(18-16)13-8-5-6-10-17-13/h3-10,15,18H,2,11,16H2,1H3. The van der Waals surface area contributed by atoms with E-state index in [-0.39, 0.29) is 6.04 Å². The average Bonchev–Trinajstić information content (AvgIpc) is 2.48. The summed E-state index contributed by atoms with van der Waals surface area (Å²) in [5, 5.41) is 0. The zero-order chi connectivity index (χ0) is 13.5. The van der Waals surface area contributed by atoms with Gasteiger partial charge in [-0.2, -0.15) is 0 Å². The molecule has 1 aromatic heterocycles. The number of aromatic nitrogens is 1. The van der Waals surface area contributed by atoms with Crippen LogP contribution in [0.2, 0.25) is 0 Å². The minimum absolute atomic E-state index is 0.172. The van der Waals surface area contributed by atoms with Gasteiger partial charge in [0.2, 0.25) is 0 Å². The summed E-state index contributed by atoms with van der Waals surface area (Å²) in [6, 6.07) is 13.5. The molecule has 0 aliphatic heterocycles. The number of benzene rings is 1. The van der Waals surface area contributed by atoms with E-state index in [0.717, 1.165) is 23.4 Å². The number of para-hydroxylation sites is 1. The number of hydrogen-bond acceptors (Lipinski definition) is 4. The molecule has 0 aliphatic rings. The van der Waals surface area contributed by atoms with Crippen LogP contribution in [0.5, 0.6) is 5.75 Å². The summed E-state index contributed by atoms with van der Waals surface area (Å²) in [6.45, 7) is 2.77. The maximum Gasteiger partial charge on any atom is 0.124 e. The second-order valence-electron chi connectivity index (χ2n) is 4.24. The first kappa shape index (κ1) is 13.5. The van der Waals surface area contributed by atoms with E-state index in [4.69, 9.17) is 10.6 Å². The van der Waals surface area contributed by atoms with Crippen LogP contribution < -0.4 is 16.0 Å². The van der Waals surface area contributed by atoms with E-state index in [2.05, 4.69) is 17.3 Å². The molecule has 4 heteroatoms. The van der Waals surface area contributed by atoms with E-state index in [9.17, 15) is 0 Å². The predicted molar refractivity (Wildman–Crippen MR) is 75.6 cm³/mol. The number of nitrogens with zero attached hydrogens (tertiary/aromatic N) is 1. The highest BCUT2D eigenvalue weighted by atomic mass is 16.5. The van der Waals surface area contributed by atoms with E-state index in [1.54, 1.807) is 6.20 Å². The van der Waals surface area contributed by atoms with Gasteiger partial charge in [-0.1, -0.05) is 31.2 Å². The molecule has 0 radical (unpaired) electrons. The van der Waals surface area contributed by atoms with Crippen LogP contribution in [0.4, 0.5) is 0 Å². The van der Waals surface area contributed by atoms with Gasteiger partial charge >= 0.3 is 0 Å². The van der Waals surface area contributed by atoms with E-state index in [1.165, 1.54) is 0 Å². The zero-order valence-corrected chi connectivity index (χ0v) is 11.0. The summed E-state index contributed by atoms with van der Waals surface area (Å²) in [7, 11) is 0. The van der Waals surface area contributed by atoms with Crippen molar-refractivity contribution in [3.8, 4) is 5.75 Å². The molecule has 1 aromatic carbocycles. The third kappa shape index (κ3) is 3.30. The molecule has 0 aliphatic carbocycles. The molecule has 2 rings (SSSR count). The molecule has 0 bridgehead atoms. The van der Waals surface area contributed by atoms with Gasteiger partial charge in [0.05, 0.1) is 18.3 Å². The van der Waals surface area contributed by atoms with Crippen LogP contribution in [0.25, 0.3) is 0 Å². The monoisotopic (exact) mass is 257 g/mol. The van der Waals surface area contributed by atoms with Crippen LogP contribution >= 0.6 is 0 Å². The van der Waals surface area contributed by atoms with Gasteiger partial charge in [-0.15, -0.1) is 0 Å². The van der Waals surface area contributed by atoms with Crippen molar-refractivity contribution in [2.24, 2.45) is 5.84 Å². The molecular weight excluding hydrogens is 238 g/mol. The Balaban J connectivity index is 2.33. The first-order valence-corrected chi connectivity index (χ1v) is 6.45. The Bertz CT molecular complexity index is 502. The minimum atomic E-state index is -0.172. The summed E-state index contributed by atoms with van der Waals surface area (Å²) >= 11 is 0. The maximum absolute atomic E-state index is 5.77. The Labute approximate surface area is 113 Å². The number of hydrogen-bond donors (Lipinski definition) is 2. The van der Waals surface area contributed by atoms with E-state index >= 15 is 0 Å². The number of pyridine rings is 1. The van der Waals surface area contributed by atoms with Crippen molar-refractivity contribution >= 4 is 0 Å². The maximum atomic E-state index is 5.77. The van der Waals surface area contributed by atoms with Gasteiger partial charge in [-0.3, -0.25) is 10.8 Å². The molecule has 0 fully saturated rings. The summed E-state index contributed by atoms with van der Waals surface area (Å²) in [5.41, 5.74) is 4.68. The highest BCUT2D eigenvalue weighted by Gasteiger charge is 2.17. The molecule has 1 unspecified atom stereocenters. The highest BCUT2D eigenvalue weighted by molar-refractivity contribution is 5.39. The Morgan fingerprint density at radius 2 is 2.00 bits per heavy atom. The lowest BCUT2D eigenvalue weighted by Crippen LogP contribution is -2.29. The van der Waals surface area contributed by atoms with Gasteiger partial charge in [-0.05, 0) is 24.6 Å². The van der Waals surface area contributed by atoms with Crippen molar-refractivity contribution in [2.75, 3.05) is 6.61 Å². The van der Waals surface area contributed by atoms with Crippen LogP contribution in [0.15, 0.2) is 48.7 Å². The Kier molecular flexibility index (Phi) is 4.89. The predicted octanol–water partition coefficient (Wildman–Crippen LogP) is 2.42. The summed E-state index contributed by atoms with van der Waals surface area (Å²) < 4.78 is 5.77. The van der Waals surface area contributed by atoms with Crippen LogP contribution in [-0.4, -0.2) is 11.6 Å². The number of rotatable bonds is 6. The lowest BCUT2D eigenvalue weighted by Gasteiger charge is -2.19. The fraction of sp³-hybridized carbons (Fsp3) is 0.267. The molecule has 0 saturated carbocycles. The van der Waals surface area contributed by atoms with Crippen LogP contribution in [-0.2, 0) is 0 Å². The van der Waals surface area contributed by atoms with Crippen LogP contribution in [0, 0.1) is 0 Å². The third-order valence-corrected chi connectivity index (χ3v) is 2.84. The fourth-order valence-electron chi connectivity index (χ4n) is 1.94. The summed E-state index contributed by atoms with van der Waals surface area (Å²) in [5.74, 6) is 6.53. The quantitative estimate of drug-likeness (QED) is 0.616. The zero-order valence-electron chi connectivity index (χ0n) is 11.0. The molecule has 1 atom stereocenters. The number of hydrazine groups is 1. The van der Waals surface area contributed by atoms with Crippen LogP contribution in [0.3, 0.4) is 0 Å². The van der Waals surface area contributed by atoms with Crippen molar-refractivity contribution in [1.82, 2.24) is 10.4 Å². The largest absolute Gasteiger partial charge is 0.493 e. The van der Waals surface area contributed by atoms with E-state index < -0.39 is 0 Å². The lowest BCUT2D eigenvalue weighted by molar-refractivity contribution is 0.311. The van der Waals surface area contributed by atoms with E-state index in [1.807, 2.05) is 42.5 Å². The van der Waals surface area contributed by atoms with Gasteiger partial charge in [0.15, 0.2) is 0 Å². The molecule has 0 amide bonds. The number of nitrogens with two attached hydrogens (primary N) is 1. The van der Waals surface area contributed by atoms with Crippen molar-refractivity contribution in [3.63, 3.8) is 0 Å². The van der Waals surface area contributed by atoms with Crippen molar-refractivity contribution in [2.45, 2.75) is 19.4 Å². The number of ether oxygens (including phenoxy) is 1. The van der Waals surface area contributed by atoms with Gasteiger partial charge < -0.3 is 4.74 Å². The fourth-order valence-corrected chi connectivity index (χ4v) is 1.94. The lowest BCUT2D eigenvalue weighted by atomic mass is 10.0. The number of nitrogens with one attached hydrogen (secondary N) is 1. The minimum Gasteiger partial charge on any atom is -0.493 e. The van der Waals surface area contributed by atoms with Crippen molar-refractivity contribution in [1.29, 1.82) is 0 Å². The van der Waals surface area contributed by atoms with Crippen molar-refractivity contribution < 1.29 is 4.74 Å². The topological polar surface area (TPSA) is 60.2 Å². The second kappa shape index (κ2) is 6.87. The molecule has 3 N–H and O–H groups in total. The molecule has 1 heterocycles. The Morgan fingerprint density at radius 1 is 1.21 bits per heavy atom. The smallest absolute Gasteiger partial charge is 0.124 e. The molecule has 4 nitrogen and oxygen atoms in total. The summed E-state index contributed by atoms with van der Waals surface area (Å²) in [4.78, 5) is 4.35. The third-order valence-electron chi connectivity index (χ3n) is 2.84. The molecule has 0 spiro atoms. The average molecular weight is 257 g/mol. The first-order valence-electron chi connectivity index (χ1n) is 6.45. The molecule has 19 heavy (non-hydrogen) atoms. The normalized spacial score (nSPS) is 12.1. The second-order valence-corrected chi connectivity index (χ2v) is 4.24. The van der Waals surface area contributed by atoms with Crippen molar-refractivity contribution in [3.05, 3.63) is 59.9 Å². The Hall–Kier alpha value is -1.91. The van der Waals surface area contributed by atoms with Crippen LogP contribution in [0.1, 0.15) is 30.6 Å². The van der Waals surface area contributed by atoms with E-state index in [0.29, 0.717) is 6.61 Å². The first-order chi connectivity index (χ1) is 9.36. The molecule has 100 valence electrons. The Morgan fingerprint density at radius 3 is 2.68 bits per heavy atom.